The Hall–Kier alpha value is -6.95. The van der Waals surface area contributed by atoms with Crippen LogP contribution in [0.5, 0.6) is 0 Å². The van der Waals surface area contributed by atoms with Gasteiger partial charge in [0.25, 0.3) is 0 Å². The van der Waals surface area contributed by atoms with E-state index in [1.807, 2.05) is 162 Å². The molecule has 8 aromatic rings. The minimum atomic E-state index is -0.509. The van der Waals surface area contributed by atoms with Crippen molar-refractivity contribution in [3.8, 4) is 11.3 Å². The number of carbonyl (C=O) groups is 2. The molecule has 8 aliphatic rings. The third-order valence-electron chi connectivity index (χ3n) is 25.8. The Kier molecular flexibility index (Phi) is 27.9. The first-order valence-corrected chi connectivity index (χ1v) is 44.2. The van der Waals surface area contributed by atoms with Crippen LogP contribution < -0.4 is 10.8 Å². The van der Waals surface area contributed by atoms with Gasteiger partial charge >= 0.3 is 33.3 Å². The van der Waals surface area contributed by atoms with Crippen LogP contribution in [0.2, 0.25) is 20.2 Å². The molecule has 10 heterocycles. The second kappa shape index (κ2) is 36.3. The first kappa shape index (κ1) is 92.2. The largest absolute Gasteiger partial charge is 0.494 e. The molecular formula is C95H117B3BrCl4N7O10. The van der Waals surface area contributed by atoms with E-state index in [9.17, 15) is 9.59 Å². The first-order valence-electron chi connectivity index (χ1n) is 41.9. The lowest BCUT2D eigenvalue weighted by Crippen LogP contribution is -2.47. The van der Waals surface area contributed by atoms with E-state index in [-0.39, 0.29) is 62.0 Å². The van der Waals surface area contributed by atoms with Gasteiger partial charge in [-0.25, -0.2) is 14.6 Å². The highest BCUT2D eigenvalue weighted by molar-refractivity contribution is 9.10. The van der Waals surface area contributed by atoms with E-state index >= 15 is 0 Å². The van der Waals surface area contributed by atoms with Gasteiger partial charge < -0.3 is 52.5 Å². The maximum absolute atomic E-state index is 12.7. The van der Waals surface area contributed by atoms with Crippen LogP contribution in [0.1, 0.15) is 233 Å². The SMILES string of the molecule is CC(C)(C)OC(=O)N1CCC(c2ccc(Cl)cc2)(c2ccc(B3OC(C)(C)C(C)(C)O3)cc2)CC1.CC(C)(C)OC(=O)N1CCC(c2ccc(Cl)cc2)(c2ccc(Br)cc2)CC1.CC1(C)OB(B2OC(C)(C)C(C)(C)O2)OC1(C)C.CC1=NCc2ccnc(-c3ccc(C4(c5ccc(Cl)cc5)CCNCC4)cc3)c21.CC1=NCc2ccnc(Cl)c21. The summed E-state index contributed by atoms with van der Waals surface area (Å²) in [6.45, 7) is 46.0. The van der Waals surface area contributed by atoms with Crippen LogP contribution in [0, 0.1) is 0 Å². The van der Waals surface area contributed by atoms with Gasteiger partial charge in [-0.05, 0) is 301 Å². The summed E-state index contributed by atoms with van der Waals surface area (Å²) in [7, 11) is -1.35. The van der Waals surface area contributed by atoms with E-state index < -0.39 is 32.3 Å². The quantitative estimate of drug-likeness (QED) is 0.107. The fraction of sp³-hybridized carbons (Fsp3) is 0.474. The minimum Gasteiger partial charge on any atom is -0.444 e. The number of amides is 2. The van der Waals surface area contributed by atoms with Gasteiger partial charge in [-0.2, -0.15) is 0 Å². The number of nitrogens with one attached hydrogen (secondary N) is 1. The van der Waals surface area contributed by atoms with Crippen molar-refractivity contribution in [3.63, 3.8) is 0 Å². The summed E-state index contributed by atoms with van der Waals surface area (Å²) in [5, 5.41) is 6.31. The number of ether oxygens (including phenoxy) is 2. The van der Waals surface area contributed by atoms with E-state index in [0.717, 1.165) is 113 Å². The zero-order chi connectivity index (χ0) is 87.0. The molecule has 0 bridgehead atoms. The summed E-state index contributed by atoms with van der Waals surface area (Å²) in [6.07, 6.45) is 8.57. The van der Waals surface area contributed by atoms with E-state index in [0.29, 0.717) is 36.4 Å². The lowest BCUT2D eigenvalue weighted by molar-refractivity contribution is 0.00578. The molecule has 6 saturated heterocycles. The summed E-state index contributed by atoms with van der Waals surface area (Å²) >= 11 is 27.9. The highest BCUT2D eigenvalue weighted by Gasteiger charge is 2.64. The number of carbonyl (C=O) groups excluding carboxylic acids is 2. The zero-order valence-electron chi connectivity index (χ0n) is 73.5. The van der Waals surface area contributed by atoms with Gasteiger partial charge in [0.1, 0.15) is 16.4 Å². The Bertz CT molecular complexity index is 4850. The minimum absolute atomic E-state index is 0.0256. The molecule has 636 valence electrons. The molecule has 0 aliphatic carbocycles. The van der Waals surface area contributed by atoms with Gasteiger partial charge in [-0.15, -0.1) is 0 Å². The second-order valence-corrected chi connectivity index (χ2v) is 40.2. The van der Waals surface area contributed by atoms with E-state index in [1.54, 1.807) is 6.20 Å². The number of benzene rings is 6. The molecule has 0 spiro atoms. The molecule has 25 heteroatoms. The average molecular weight is 1770 g/mol. The number of rotatable bonds is 9. The van der Waals surface area contributed by atoms with Gasteiger partial charge in [-0.1, -0.05) is 159 Å². The summed E-state index contributed by atoms with van der Waals surface area (Å²) in [5.74, 6) is 0. The predicted molar refractivity (Wildman–Crippen MR) is 492 cm³/mol. The number of hydrogen-bond donors (Lipinski definition) is 1. The van der Waals surface area contributed by atoms with Crippen molar-refractivity contribution >= 4 is 113 Å². The maximum Gasteiger partial charge on any atom is 0.494 e. The van der Waals surface area contributed by atoms with Crippen LogP contribution >= 0.6 is 62.3 Å². The first-order chi connectivity index (χ1) is 56.3. The van der Waals surface area contributed by atoms with Gasteiger partial charge in [-0.3, -0.25) is 15.0 Å². The lowest BCUT2D eigenvalue weighted by Gasteiger charge is -2.43. The summed E-state index contributed by atoms with van der Waals surface area (Å²) in [5.41, 5.74) is 14.1. The fourth-order valence-electron chi connectivity index (χ4n) is 16.6. The van der Waals surface area contributed by atoms with Crippen LogP contribution in [0.25, 0.3) is 11.3 Å². The number of halogens is 5. The summed E-state index contributed by atoms with van der Waals surface area (Å²) in [6, 6.07) is 54.7. The molecule has 6 fully saturated rings. The summed E-state index contributed by atoms with van der Waals surface area (Å²) < 4.78 is 48.6. The van der Waals surface area contributed by atoms with Crippen molar-refractivity contribution in [1.82, 2.24) is 25.1 Å². The summed E-state index contributed by atoms with van der Waals surface area (Å²) in [4.78, 5) is 46.3. The number of aliphatic imine (C=N–C) groups is 2. The van der Waals surface area contributed by atoms with Crippen LogP contribution in [0.15, 0.2) is 185 Å². The molecule has 2 aromatic heterocycles. The Morgan fingerprint density at radius 1 is 0.417 bits per heavy atom. The van der Waals surface area contributed by atoms with Crippen LogP contribution in [-0.4, -0.2) is 149 Å². The molecular weight excluding hydrogens is 1650 g/mol. The van der Waals surface area contributed by atoms with Crippen molar-refractivity contribution in [3.05, 3.63) is 250 Å². The zero-order valence-corrected chi connectivity index (χ0v) is 78.1. The standard InChI is InChI=1S/C28H37BClNO4.C25H24ClN3.C22H25BrClNO2.C12H24B2O4.C8H7ClN2/c1-25(2,3)33-24(32)31-18-16-28(17-19-31,21-10-14-23(30)15-11-21)20-8-12-22(13-9-20)29-34-26(4,5)27(6,7)35-29;1-17-23-19(16-29-17)10-13-28-24(23)18-2-4-20(5-3-18)25(11-14-27-15-12-25)21-6-8-22(26)9-7-21;1-21(2,3)27-20(26)25-14-12-22(13-15-25,16-4-8-18(23)9-5-16)17-6-10-19(24)11-7-17;1-9(2)10(3,4)16-13(15-9)14-17-11(5,6)12(7,8)18-14;1-5-7-6(4-11-5)2-3-10-8(7)9/h8-15H,16-19H2,1-7H3;2-10,13,27H,11-12,14-16H2,1H3;4-11H,12-15H2,1-3H3;1-8H3;2-3H,4H2,1H3. The number of pyridine rings is 2. The molecule has 2 amide bonds. The van der Waals surface area contributed by atoms with Crippen molar-refractivity contribution in [2.75, 3.05) is 39.3 Å². The lowest BCUT2D eigenvalue weighted by atomic mass is 9.49. The Balaban J connectivity index is 0.000000143. The molecule has 16 rings (SSSR count). The third-order valence-corrected chi connectivity index (χ3v) is 27.3. The number of aromatic nitrogens is 2. The monoisotopic (exact) mass is 1770 g/mol. The smallest absolute Gasteiger partial charge is 0.444 e. The average Bonchev–Trinajstić information content (AvgIpc) is 1.24. The molecule has 0 radical (unpaired) electrons. The van der Waals surface area contributed by atoms with Crippen molar-refractivity contribution in [2.24, 2.45) is 9.98 Å². The Morgan fingerprint density at radius 3 is 1.08 bits per heavy atom. The molecule has 0 saturated carbocycles. The molecule has 0 unspecified atom stereocenters. The number of likely N-dealkylation sites (tertiary alicyclic amines) is 2. The second-order valence-electron chi connectivity index (χ2n) is 37.6. The molecule has 17 nitrogen and oxygen atoms in total. The van der Waals surface area contributed by atoms with Crippen molar-refractivity contribution in [2.45, 2.75) is 251 Å². The molecule has 120 heavy (non-hydrogen) atoms. The topological polar surface area (TPSA) is 177 Å². The van der Waals surface area contributed by atoms with Crippen LogP contribution in [0.4, 0.5) is 9.59 Å². The van der Waals surface area contributed by atoms with Crippen LogP contribution in [-0.2, 0) is 66.7 Å². The van der Waals surface area contributed by atoms with E-state index in [4.69, 9.17) is 88.8 Å². The van der Waals surface area contributed by atoms with Crippen molar-refractivity contribution < 1.29 is 47.0 Å². The fourth-order valence-corrected chi connectivity index (χ4v) is 17.6. The van der Waals surface area contributed by atoms with Gasteiger partial charge in [0, 0.05) is 102 Å². The van der Waals surface area contributed by atoms with E-state index in [2.05, 4.69) is 186 Å². The van der Waals surface area contributed by atoms with Gasteiger partial charge in [0.05, 0.1) is 52.4 Å². The van der Waals surface area contributed by atoms with Crippen molar-refractivity contribution in [1.29, 1.82) is 0 Å². The van der Waals surface area contributed by atoms with Gasteiger partial charge in [0.15, 0.2) is 0 Å². The molecule has 8 aliphatic heterocycles. The molecule has 0 atom stereocenters. The predicted octanol–water partition coefficient (Wildman–Crippen LogP) is 22.1. The Morgan fingerprint density at radius 2 is 0.725 bits per heavy atom. The number of fused-ring (bicyclic) bond motifs is 2. The van der Waals surface area contributed by atoms with Crippen LogP contribution in [0.3, 0.4) is 0 Å². The molecule has 1 N–H and O–H groups in total. The molecule has 6 aromatic carbocycles. The highest BCUT2D eigenvalue weighted by atomic mass is 79.9. The third kappa shape index (κ3) is 20.5. The van der Waals surface area contributed by atoms with E-state index in [1.165, 1.54) is 50.1 Å². The number of nitrogens with zero attached hydrogens (tertiary/aromatic N) is 6. The highest BCUT2D eigenvalue weighted by Crippen LogP contribution is 2.48. The van der Waals surface area contributed by atoms with Gasteiger partial charge in [0.2, 0.25) is 0 Å². The maximum atomic E-state index is 12.7. The normalized spacial score (nSPS) is 20.4. The number of piperidine rings is 3. The number of hydrogen-bond acceptors (Lipinski definition) is 15. The Labute approximate surface area is 741 Å².